The number of nitrogens with zero attached hydrogens (tertiary/aromatic N) is 2. The van der Waals surface area contributed by atoms with Crippen molar-refractivity contribution >= 4 is 11.0 Å². The van der Waals surface area contributed by atoms with Crippen LogP contribution in [0.1, 0.15) is 44.1 Å². The third kappa shape index (κ3) is 2.39. The zero-order valence-corrected chi connectivity index (χ0v) is 12.1. The van der Waals surface area contributed by atoms with Gasteiger partial charge in [0, 0.05) is 18.5 Å². The minimum absolute atomic E-state index is 0.190. The molecule has 3 nitrogen and oxygen atoms in total. The molecule has 1 atom stereocenters. The minimum atomic E-state index is 0.190. The number of aryl methyl sites for hydroxylation is 1. The van der Waals surface area contributed by atoms with Crippen LogP contribution in [-0.2, 0) is 6.42 Å². The molecule has 0 bridgehead atoms. The first kappa shape index (κ1) is 12.7. The van der Waals surface area contributed by atoms with Crippen molar-refractivity contribution in [3.8, 4) is 0 Å². The van der Waals surface area contributed by atoms with Crippen LogP contribution >= 0.6 is 0 Å². The van der Waals surface area contributed by atoms with Crippen molar-refractivity contribution in [2.45, 2.75) is 52.1 Å². The maximum atomic E-state index is 6.24. The van der Waals surface area contributed by atoms with E-state index in [1.54, 1.807) is 0 Å². The molecule has 2 aromatic rings. The fraction of sp³-hybridized carbons (Fsp3) is 0.562. The number of hydrogen-bond donors (Lipinski definition) is 1. The standard InChI is InChI=1S/C16H23N3/c1-10(2)13(17)9-16-18-14-8-11(3)4-7-15(14)19(16)12-5-6-12/h4,7-8,10,12-13H,5-6,9,17H2,1-3H3. The van der Waals surface area contributed by atoms with E-state index in [9.17, 15) is 0 Å². The van der Waals surface area contributed by atoms with Gasteiger partial charge in [0.05, 0.1) is 11.0 Å². The van der Waals surface area contributed by atoms with Gasteiger partial charge in [-0.1, -0.05) is 19.9 Å². The number of benzene rings is 1. The SMILES string of the molecule is Cc1ccc2c(c1)nc(CC(N)C(C)C)n2C1CC1. The molecule has 0 amide bonds. The molecule has 19 heavy (non-hydrogen) atoms. The topological polar surface area (TPSA) is 43.8 Å². The van der Waals surface area contributed by atoms with Gasteiger partial charge in [-0.25, -0.2) is 4.98 Å². The van der Waals surface area contributed by atoms with E-state index in [-0.39, 0.29) is 6.04 Å². The smallest absolute Gasteiger partial charge is 0.111 e. The highest BCUT2D eigenvalue weighted by Crippen LogP contribution is 2.39. The highest BCUT2D eigenvalue weighted by molar-refractivity contribution is 5.77. The molecule has 1 aromatic heterocycles. The molecule has 1 saturated carbocycles. The summed E-state index contributed by atoms with van der Waals surface area (Å²) in [7, 11) is 0. The molecule has 1 aliphatic rings. The molecule has 1 aromatic carbocycles. The molecule has 0 spiro atoms. The van der Waals surface area contributed by atoms with E-state index in [1.165, 1.54) is 29.7 Å². The van der Waals surface area contributed by atoms with Gasteiger partial charge in [0.2, 0.25) is 0 Å². The number of imidazole rings is 1. The van der Waals surface area contributed by atoms with Crippen molar-refractivity contribution in [2.24, 2.45) is 11.7 Å². The summed E-state index contributed by atoms with van der Waals surface area (Å²) < 4.78 is 2.43. The number of fused-ring (bicyclic) bond motifs is 1. The zero-order chi connectivity index (χ0) is 13.6. The average Bonchev–Trinajstić information content (AvgIpc) is 3.11. The molecule has 1 unspecified atom stereocenters. The second-order valence-electron chi connectivity index (χ2n) is 6.23. The number of rotatable bonds is 4. The molecule has 1 fully saturated rings. The van der Waals surface area contributed by atoms with Crippen molar-refractivity contribution in [1.29, 1.82) is 0 Å². The Morgan fingerprint density at radius 3 is 2.74 bits per heavy atom. The lowest BCUT2D eigenvalue weighted by Crippen LogP contribution is -2.30. The van der Waals surface area contributed by atoms with Crippen molar-refractivity contribution in [2.75, 3.05) is 0 Å². The first-order chi connectivity index (χ1) is 9.06. The maximum Gasteiger partial charge on any atom is 0.111 e. The van der Waals surface area contributed by atoms with Gasteiger partial charge in [0.15, 0.2) is 0 Å². The van der Waals surface area contributed by atoms with Crippen LogP contribution in [0.5, 0.6) is 0 Å². The molecule has 0 saturated heterocycles. The fourth-order valence-corrected chi connectivity index (χ4v) is 2.59. The maximum absolute atomic E-state index is 6.24. The second kappa shape index (κ2) is 4.64. The van der Waals surface area contributed by atoms with E-state index >= 15 is 0 Å². The predicted octanol–water partition coefficient (Wildman–Crippen LogP) is 3.21. The summed E-state index contributed by atoms with van der Waals surface area (Å²) in [6.07, 6.45) is 3.44. The Hall–Kier alpha value is -1.35. The minimum Gasteiger partial charge on any atom is -0.327 e. The summed E-state index contributed by atoms with van der Waals surface area (Å²) >= 11 is 0. The molecule has 2 N–H and O–H groups in total. The first-order valence-electron chi connectivity index (χ1n) is 7.29. The van der Waals surface area contributed by atoms with Gasteiger partial charge in [0.25, 0.3) is 0 Å². The normalized spacial score (nSPS) is 17.3. The Labute approximate surface area is 114 Å². The van der Waals surface area contributed by atoms with Gasteiger partial charge in [-0.3, -0.25) is 0 Å². The molecular weight excluding hydrogens is 234 g/mol. The molecular formula is C16H23N3. The van der Waals surface area contributed by atoms with E-state index in [2.05, 4.69) is 43.5 Å². The van der Waals surface area contributed by atoms with Crippen molar-refractivity contribution < 1.29 is 0 Å². The van der Waals surface area contributed by atoms with Crippen LogP contribution in [-0.4, -0.2) is 15.6 Å². The van der Waals surface area contributed by atoms with Gasteiger partial charge in [0.1, 0.15) is 5.82 Å². The van der Waals surface area contributed by atoms with Crippen LogP contribution in [0.15, 0.2) is 18.2 Å². The highest BCUT2D eigenvalue weighted by atomic mass is 15.1. The summed E-state index contributed by atoms with van der Waals surface area (Å²) in [4.78, 5) is 4.84. The zero-order valence-electron chi connectivity index (χ0n) is 12.1. The number of hydrogen-bond acceptors (Lipinski definition) is 2. The Bertz CT molecular complexity index is 593. The molecule has 3 rings (SSSR count). The van der Waals surface area contributed by atoms with E-state index in [0.29, 0.717) is 12.0 Å². The molecule has 3 heteroatoms. The summed E-state index contributed by atoms with van der Waals surface area (Å²) in [5.41, 5.74) is 9.91. The van der Waals surface area contributed by atoms with Gasteiger partial charge in [-0.05, 0) is 43.4 Å². The van der Waals surface area contributed by atoms with Crippen molar-refractivity contribution in [3.05, 3.63) is 29.6 Å². The van der Waals surface area contributed by atoms with Crippen LogP contribution in [0.4, 0.5) is 0 Å². The number of nitrogens with two attached hydrogens (primary N) is 1. The van der Waals surface area contributed by atoms with E-state index in [4.69, 9.17) is 10.7 Å². The molecule has 1 aliphatic carbocycles. The van der Waals surface area contributed by atoms with Crippen molar-refractivity contribution in [3.63, 3.8) is 0 Å². The van der Waals surface area contributed by atoms with Crippen LogP contribution in [0.3, 0.4) is 0 Å². The molecule has 0 radical (unpaired) electrons. The molecule has 102 valence electrons. The summed E-state index contributed by atoms with van der Waals surface area (Å²) in [5.74, 6) is 1.67. The Morgan fingerprint density at radius 2 is 2.11 bits per heavy atom. The van der Waals surface area contributed by atoms with E-state index in [1.807, 2.05) is 0 Å². The van der Waals surface area contributed by atoms with E-state index < -0.39 is 0 Å². The second-order valence-corrected chi connectivity index (χ2v) is 6.23. The summed E-state index contributed by atoms with van der Waals surface area (Å²) in [6.45, 7) is 6.48. The lowest BCUT2D eigenvalue weighted by atomic mass is 10.0. The van der Waals surface area contributed by atoms with Crippen LogP contribution in [0.25, 0.3) is 11.0 Å². The van der Waals surface area contributed by atoms with E-state index in [0.717, 1.165) is 11.9 Å². The molecule has 0 aliphatic heterocycles. The summed E-state index contributed by atoms with van der Waals surface area (Å²) in [6, 6.07) is 7.41. The monoisotopic (exact) mass is 257 g/mol. The Morgan fingerprint density at radius 1 is 1.37 bits per heavy atom. The quantitative estimate of drug-likeness (QED) is 0.914. The van der Waals surface area contributed by atoms with Gasteiger partial charge in [-0.2, -0.15) is 0 Å². The first-order valence-corrected chi connectivity index (χ1v) is 7.29. The summed E-state index contributed by atoms with van der Waals surface area (Å²) in [5, 5.41) is 0. The highest BCUT2D eigenvalue weighted by Gasteiger charge is 2.28. The van der Waals surface area contributed by atoms with Gasteiger partial charge in [-0.15, -0.1) is 0 Å². The Balaban J connectivity index is 2.04. The largest absolute Gasteiger partial charge is 0.327 e. The third-order valence-corrected chi connectivity index (χ3v) is 4.10. The fourth-order valence-electron chi connectivity index (χ4n) is 2.59. The van der Waals surface area contributed by atoms with Gasteiger partial charge >= 0.3 is 0 Å². The van der Waals surface area contributed by atoms with Gasteiger partial charge < -0.3 is 10.3 Å². The lowest BCUT2D eigenvalue weighted by Gasteiger charge is -2.16. The Kier molecular flexibility index (Phi) is 3.09. The number of aromatic nitrogens is 2. The lowest BCUT2D eigenvalue weighted by molar-refractivity contribution is 0.473. The van der Waals surface area contributed by atoms with Crippen molar-refractivity contribution in [1.82, 2.24) is 9.55 Å². The van der Waals surface area contributed by atoms with Crippen LogP contribution in [0, 0.1) is 12.8 Å². The molecule has 1 heterocycles. The third-order valence-electron chi connectivity index (χ3n) is 4.10. The van der Waals surface area contributed by atoms with Crippen LogP contribution in [0.2, 0.25) is 0 Å². The average molecular weight is 257 g/mol. The van der Waals surface area contributed by atoms with Crippen LogP contribution < -0.4 is 5.73 Å². The predicted molar refractivity (Wildman–Crippen MR) is 79.3 cm³/mol.